The zero-order chi connectivity index (χ0) is 18.9. The zero-order valence-corrected chi connectivity index (χ0v) is 15.0. The largest absolute Gasteiger partial charge is 0.416 e. The SMILES string of the molecule is Cc1cc(C(=O)NC(C)c2cccc(C(F)(F)F)c2)c(C)n1C(C)C. The van der Waals surface area contributed by atoms with E-state index in [1.54, 1.807) is 13.0 Å². The number of nitrogens with zero attached hydrogens (tertiary/aromatic N) is 1. The number of benzene rings is 1. The Labute approximate surface area is 145 Å². The first-order chi connectivity index (χ1) is 11.5. The Morgan fingerprint density at radius 2 is 1.76 bits per heavy atom. The predicted octanol–water partition coefficient (Wildman–Crippen LogP) is 5.20. The van der Waals surface area contributed by atoms with E-state index in [1.165, 1.54) is 6.07 Å². The van der Waals surface area contributed by atoms with Crippen molar-refractivity contribution in [1.29, 1.82) is 0 Å². The van der Waals surface area contributed by atoms with Crippen molar-refractivity contribution < 1.29 is 18.0 Å². The molecule has 136 valence electrons. The van der Waals surface area contributed by atoms with Crippen LogP contribution < -0.4 is 5.32 Å². The van der Waals surface area contributed by atoms with Crippen LogP contribution in [-0.4, -0.2) is 10.5 Å². The summed E-state index contributed by atoms with van der Waals surface area (Å²) in [4.78, 5) is 12.6. The maximum atomic E-state index is 12.8. The van der Waals surface area contributed by atoms with Crippen molar-refractivity contribution in [2.75, 3.05) is 0 Å². The first-order valence-corrected chi connectivity index (χ1v) is 8.18. The van der Waals surface area contributed by atoms with Crippen molar-refractivity contribution in [3.05, 3.63) is 58.4 Å². The number of nitrogens with one attached hydrogen (secondary N) is 1. The van der Waals surface area contributed by atoms with Crippen molar-refractivity contribution in [1.82, 2.24) is 9.88 Å². The van der Waals surface area contributed by atoms with Crippen LogP contribution in [0.25, 0.3) is 0 Å². The van der Waals surface area contributed by atoms with Crippen molar-refractivity contribution in [2.45, 2.75) is 52.9 Å². The molecule has 1 amide bonds. The lowest BCUT2D eigenvalue weighted by molar-refractivity contribution is -0.137. The highest BCUT2D eigenvalue weighted by Crippen LogP contribution is 2.31. The van der Waals surface area contributed by atoms with Gasteiger partial charge in [-0.3, -0.25) is 4.79 Å². The normalized spacial score (nSPS) is 13.2. The number of aryl methyl sites for hydroxylation is 1. The van der Waals surface area contributed by atoms with Crippen LogP contribution in [-0.2, 0) is 6.18 Å². The first kappa shape index (κ1) is 19.1. The molecule has 0 aliphatic heterocycles. The minimum absolute atomic E-state index is 0.224. The number of carbonyl (C=O) groups is 1. The molecule has 0 aliphatic rings. The molecule has 2 aromatic rings. The van der Waals surface area contributed by atoms with E-state index in [9.17, 15) is 18.0 Å². The molecule has 1 N–H and O–H groups in total. The van der Waals surface area contributed by atoms with Crippen LogP contribution in [0.5, 0.6) is 0 Å². The number of amides is 1. The smallest absolute Gasteiger partial charge is 0.346 e. The second kappa shape index (κ2) is 6.94. The maximum Gasteiger partial charge on any atom is 0.416 e. The molecule has 0 spiro atoms. The summed E-state index contributed by atoms with van der Waals surface area (Å²) < 4.78 is 40.6. The average Bonchev–Trinajstić information content (AvgIpc) is 2.81. The monoisotopic (exact) mass is 352 g/mol. The van der Waals surface area contributed by atoms with Gasteiger partial charge in [0.1, 0.15) is 0 Å². The summed E-state index contributed by atoms with van der Waals surface area (Å²) in [6, 6.07) is 6.53. The average molecular weight is 352 g/mol. The van der Waals surface area contributed by atoms with E-state index in [0.29, 0.717) is 11.1 Å². The Bertz CT molecular complexity index is 775. The van der Waals surface area contributed by atoms with Crippen LogP contribution >= 0.6 is 0 Å². The summed E-state index contributed by atoms with van der Waals surface area (Å²) in [5.41, 5.74) is 2.07. The van der Waals surface area contributed by atoms with Crippen LogP contribution in [0.2, 0.25) is 0 Å². The van der Waals surface area contributed by atoms with E-state index in [0.717, 1.165) is 23.5 Å². The molecule has 3 nitrogen and oxygen atoms in total. The molecule has 1 aromatic carbocycles. The van der Waals surface area contributed by atoms with E-state index in [-0.39, 0.29) is 11.9 Å². The Balaban J connectivity index is 2.23. The van der Waals surface area contributed by atoms with E-state index in [1.807, 2.05) is 33.8 Å². The molecular formula is C19H23F3N2O. The summed E-state index contributed by atoms with van der Waals surface area (Å²) in [6.07, 6.45) is -4.40. The van der Waals surface area contributed by atoms with Gasteiger partial charge < -0.3 is 9.88 Å². The third-order valence-corrected chi connectivity index (χ3v) is 4.31. The third-order valence-electron chi connectivity index (χ3n) is 4.31. The van der Waals surface area contributed by atoms with Gasteiger partial charge in [0.25, 0.3) is 5.91 Å². The summed E-state index contributed by atoms with van der Waals surface area (Å²) in [7, 11) is 0. The molecule has 0 fully saturated rings. The maximum absolute atomic E-state index is 12.8. The van der Waals surface area contributed by atoms with Crippen LogP contribution in [0.1, 0.15) is 65.7 Å². The standard InChI is InChI=1S/C19H23F3N2O/c1-11(2)24-12(3)9-17(14(24)5)18(25)23-13(4)15-7-6-8-16(10-15)19(20,21)22/h6-11,13H,1-5H3,(H,23,25). The molecule has 1 heterocycles. The fraction of sp³-hybridized carbons (Fsp3) is 0.421. The number of alkyl halides is 3. The lowest BCUT2D eigenvalue weighted by atomic mass is 10.0. The lowest BCUT2D eigenvalue weighted by Crippen LogP contribution is -2.27. The molecule has 2 rings (SSSR count). The fourth-order valence-corrected chi connectivity index (χ4v) is 3.14. The van der Waals surface area contributed by atoms with Gasteiger partial charge in [0.2, 0.25) is 0 Å². The van der Waals surface area contributed by atoms with Crippen molar-refractivity contribution >= 4 is 5.91 Å². The van der Waals surface area contributed by atoms with Crippen LogP contribution in [0.4, 0.5) is 13.2 Å². The molecule has 25 heavy (non-hydrogen) atoms. The first-order valence-electron chi connectivity index (χ1n) is 8.18. The molecule has 0 saturated carbocycles. The van der Waals surface area contributed by atoms with Crippen LogP contribution in [0, 0.1) is 13.8 Å². The number of rotatable bonds is 4. The van der Waals surface area contributed by atoms with Crippen molar-refractivity contribution in [2.24, 2.45) is 0 Å². The summed E-state index contributed by atoms with van der Waals surface area (Å²) in [5, 5.41) is 2.79. The van der Waals surface area contributed by atoms with Crippen LogP contribution in [0.15, 0.2) is 30.3 Å². The Hall–Kier alpha value is -2.24. The predicted molar refractivity (Wildman–Crippen MR) is 91.6 cm³/mol. The van der Waals surface area contributed by atoms with Gasteiger partial charge in [0.05, 0.1) is 17.2 Å². The number of halogens is 3. The Kier molecular flexibility index (Phi) is 5.30. The summed E-state index contributed by atoms with van der Waals surface area (Å²) in [6.45, 7) is 9.55. The van der Waals surface area contributed by atoms with Gasteiger partial charge in [0.15, 0.2) is 0 Å². The molecular weight excluding hydrogens is 329 g/mol. The lowest BCUT2D eigenvalue weighted by Gasteiger charge is -2.17. The number of carbonyl (C=O) groups excluding carboxylic acids is 1. The molecule has 0 saturated heterocycles. The highest BCUT2D eigenvalue weighted by atomic mass is 19.4. The molecule has 1 aromatic heterocycles. The van der Waals surface area contributed by atoms with Gasteiger partial charge in [-0.05, 0) is 58.4 Å². The van der Waals surface area contributed by atoms with E-state index in [2.05, 4.69) is 9.88 Å². The minimum atomic E-state index is -4.40. The molecule has 0 aliphatic carbocycles. The quantitative estimate of drug-likeness (QED) is 0.807. The topological polar surface area (TPSA) is 34.0 Å². The van der Waals surface area contributed by atoms with Gasteiger partial charge in [-0.2, -0.15) is 13.2 Å². The molecule has 0 radical (unpaired) electrons. The second-order valence-electron chi connectivity index (χ2n) is 6.57. The number of aromatic nitrogens is 1. The molecule has 0 bridgehead atoms. The van der Waals surface area contributed by atoms with E-state index < -0.39 is 17.8 Å². The van der Waals surface area contributed by atoms with Crippen molar-refractivity contribution in [3.63, 3.8) is 0 Å². The molecule has 1 atom stereocenters. The second-order valence-corrected chi connectivity index (χ2v) is 6.57. The van der Waals surface area contributed by atoms with Gasteiger partial charge in [-0.25, -0.2) is 0 Å². The number of hydrogen-bond donors (Lipinski definition) is 1. The van der Waals surface area contributed by atoms with Gasteiger partial charge >= 0.3 is 6.18 Å². The Morgan fingerprint density at radius 3 is 2.28 bits per heavy atom. The molecule has 6 heteroatoms. The van der Waals surface area contributed by atoms with E-state index >= 15 is 0 Å². The highest BCUT2D eigenvalue weighted by Gasteiger charge is 2.31. The van der Waals surface area contributed by atoms with Gasteiger partial charge in [0, 0.05) is 17.4 Å². The molecule has 1 unspecified atom stereocenters. The van der Waals surface area contributed by atoms with Gasteiger partial charge in [-0.15, -0.1) is 0 Å². The van der Waals surface area contributed by atoms with Crippen LogP contribution in [0.3, 0.4) is 0 Å². The fourth-order valence-electron chi connectivity index (χ4n) is 3.14. The third kappa shape index (κ3) is 4.06. The highest BCUT2D eigenvalue weighted by molar-refractivity contribution is 5.96. The van der Waals surface area contributed by atoms with Gasteiger partial charge in [-0.1, -0.05) is 12.1 Å². The zero-order valence-electron chi connectivity index (χ0n) is 15.0. The van der Waals surface area contributed by atoms with Crippen molar-refractivity contribution in [3.8, 4) is 0 Å². The summed E-state index contributed by atoms with van der Waals surface area (Å²) in [5.74, 6) is -0.287. The summed E-state index contributed by atoms with van der Waals surface area (Å²) >= 11 is 0. The number of hydrogen-bond acceptors (Lipinski definition) is 1. The Morgan fingerprint density at radius 1 is 1.12 bits per heavy atom. The minimum Gasteiger partial charge on any atom is -0.346 e. The van der Waals surface area contributed by atoms with E-state index in [4.69, 9.17) is 0 Å².